The fourth-order valence-electron chi connectivity index (χ4n) is 6.75. The number of carbonyl (C=O) groups is 3. The lowest BCUT2D eigenvalue weighted by molar-refractivity contribution is -0.151. The van der Waals surface area contributed by atoms with E-state index in [2.05, 4.69) is 6.92 Å². The Balaban J connectivity index is 1.55. The summed E-state index contributed by atoms with van der Waals surface area (Å²) in [5.74, 6) is -1.73. The highest BCUT2D eigenvalue weighted by atomic mass is 16.5. The molecule has 7 atom stereocenters. The summed E-state index contributed by atoms with van der Waals surface area (Å²) < 4.78 is 12.2. The molecule has 2 fully saturated rings. The predicted molar refractivity (Wildman–Crippen MR) is 146 cm³/mol. The summed E-state index contributed by atoms with van der Waals surface area (Å²) in [6.45, 7) is 8.73. The molecule has 1 aromatic rings. The summed E-state index contributed by atoms with van der Waals surface area (Å²) in [6, 6.07) is 5.74. The highest BCUT2D eigenvalue weighted by molar-refractivity contribution is 6.04. The van der Waals surface area contributed by atoms with E-state index in [9.17, 15) is 19.5 Å². The minimum Gasteiger partial charge on any atom is -0.494 e. The van der Waals surface area contributed by atoms with Crippen LogP contribution < -0.4 is 9.64 Å². The molecular weight excluding hydrogens is 498 g/mol. The fraction of sp³-hybridized carbons (Fsp3) is 0.567. The first-order valence-electron chi connectivity index (χ1n) is 14.1. The van der Waals surface area contributed by atoms with Crippen LogP contribution in [-0.2, 0) is 19.1 Å². The molecule has 0 aromatic heterocycles. The SMILES string of the molecule is CCCC(C)N1CC=C[C@]23O[C@@H]4C=CCN(c5ccc(OCC)cc5)C(=O)[C@@H]4[C@H]2C(=O)N([C@H](C)CO)C3C1=O. The molecule has 5 rings (SSSR count). The molecule has 4 aliphatic rings. The van der Waals surface area contributed by atoms with Crippen LogP contribution in [0.25, 0.3) is 0 Å². The van der Waals surface area contributed by atoms with Gasteiger partial charge < -0.3 is 29.3 Å². The molecule has 0 saturated carbocycles. The largest absolute Gasteiger partial charge is 0.494 e. The lowest BCUT2D eigenvalue weighted by Crippen LogP contribution is -2.58. The lowest BCUT2D eigenvalue weighted by Gasteiger charge is -2.39. The van der Waals surface area contributed by atoms with E-state index >= 15 is 0 Å². The zero-order valence-corrected chi connectivity index (χ0v) is 23.2. The van der Waals surface area contributed by atoms with Crippen molar-refractivity contribution in [2.75, 3.05) is 31.2 Å². The van der Waals surface area contributed by atoms with Gasteiger partial charge in [0, 0.05) is 24.8 Å². The Morgan fingerprint density at radius 3 is 2.44 bits per heavy atom. The standard InChI is InChI=1S/C30H39N3O6/c1-5-9-19(3)31-17-8-15-30-25(28(36)33(20(4)18-34)26(30)29(31)37)24-23(39-30)10-7-16-32(27(24)35)21-11-13-22(14-12-21)38-6-2/h7-8,10-15,19-20,23-26,34H,5-6,9,16-18H2,1-4H3/t19?,20-,23-,24+,25+,26?,30+/m1/s1. The third-order valence-electron chi connectivity index (χ3n) is 8.56. The van der Waals surface area contributed by atoms with E-state index in [4.69, 9.17) is 9.47 Å². The van der Waals surface area contributed by atoms with Crippen molar-refractivity contribution in [1.29, 1.82) is 0 Å². The fourth-order valence-corrected chi connectivity index (χ4v) is 6.75. The normalized spacial score (nSPS) is 31.5. The van der Waals surface area contributed by atoms with Gasteiger partial charge in [-0.05, 0) is 51.5 Å². The van der Waals surface area contributed by atoms with Gasteiger partial charge in [0.15, 0.2) is 0 Å². The minimum absolute atomic E-state index is 0.0219. The number of amides is 3. The van der Waals surface area contributed by atoms with Gasteiger partial charge in [-0.1, -0.05) is 37.6 Å². The predicted octanol–water partition coefficient (Wildman–Crippen LogP) is 2.54. The molecule has 4 aliphatic heterocycles. The van der Waals surface area contributed by atoms with Crippen molar-refractivity contribution in [3.63, 3.8) is 0 Å². The number of fused-ring (bicyclic) bond motifs is 2. The summed E-state index contributed by atoms with van der Waals surface area (Å²) in [5.41, 5.74) is -0.598. The van der Waals surface area contributed by atoms with Crippen LogP contribution in [0.5, 0.6) is 5.75 Å². The number of hydrogen-bond acceptors (Lipinski definition) is 6. The van der Waals surface area contributed by atoms with Crippen molar-refractivity contribution in [3.05, 3.63) is 48.6 Å². The van der Waals surface area contributed by atoms with E-state index < -0.39 is 35.6 Å². The van der Waals surface area contributed by atoms with Crippen molar-refractivity contribution >= 4 is 23.4 Å². The van der Waals surface area contributed by atoms with Gasteiger partial charge in [-0.15, -0.1) is 0 Å². The van der Waals surface area contributed by atoms with Crippen LogP contribution >= 0.6 is 0 Å². The molecule has 9 heteroatoms. The topological polar surface area (TPSA) is 99.6 Å². The van der Waals surface area contributed by atoms with E-state index in [0.29, 0.717) is 31.1 Å². The Hall–Kier alpha value is -3.17. The Labute approximate surface area is 230 Å². The smallest absolute Gasteiger partial charge is 0.249 e. The number of nitrogens with zero attached hydrogens (tertiary/aromatic N) is 3. The van der Waals surface area contributed by atoms with Gasteiger partial charge in [0.25, 0.3) is 0 Å². The maximum absolute atomic E-state index is 14.2. The summed E-state index contributed by atoms with van der Waals surface area (Å²) in [7, 11) is 0. The van der Waals surface area contributed by atoms with Crippen LogP contribution in [0.15, 0.2) is 48.6 Å². The second-order valence-corrected chi connectivity index (χ2v) is 11.0. The van der Waals surface area contributed by atoms with Crippen LogP contribution in [0.3, 0.4) is 0 Å². The van der Waals surface area contributed by atoms with E-state index in [0.717, 1.165) is 12.8 Å². The minimum atomic E-state index is -1.30. The lowest BCUT2D eigenvalue weighted by atomic mass is 9.77. The maximum atomic E-state index is 14.2. The number of hydrogen-bond donors (Lipinski definition) is 1. The summed E-state index contributed by atoms with van der Waals surface area (Å²) >= 11 is 0. The molecular formula is C30H39N3O6. The van der Waals surface area contributed by atoms with Gasteiger partial charge in [0.1, 0.15) is 17.4 Å². The van der Waals surface area contributed by atoms with E-state index in [1.165, 1.54) is 4.90 Å². The Morgan fingerprint density at radius 2 is 1.77 bits per heavy atom. The first-order chi connectivity index (χ1) is 18.8. The quantitative estimate of drug-likeness (QED) is 0.512. The first kappa shape index (κ1) is 27.4. The van der Waals surface area contributed by atoms with Gasteiger partial charge in [0.2, 0.25) is 17.7 Å². The molecule has 9 nitrogen and oxygen atoms in total. The van der Waals surface area contributed by atoms with Gasteiger partial charge in [-0.3, -0.25) is 14.4 Å². The molecule has 0 bridgehead atoms. The molecule has 2 saturated heterocycles. The van der Waals surface area contributed by atoms with Gasteiger partial charge >= 0.3 is 0 Å². The maximum Gasteiger partial charge on any atom is 0.249 e. The molecule has 1 aromatic carbocycles. The van der Waals surface area contributed by atoms with E-state index in [1.54, 1.807) is 16.7 Å². The number of rotatable bonds is 8. The highest BCUT2D eigenvalue weighted by Gasteiger charge is 2.72. The molecule has 1 spiro atoms. The van der Waals surface area contributed by atoms with Crippen molar-refractivity contribution in [1.82, 2.24) is 9.80 Å². The van der Waals surface area contributed by atoms with Crippen LogP contribution in [0, 0.1) is 11.8 Å². The molecule has 39 heavy (non-hydrogen) atoms. The van der Waals surface area contributed by atoms with E-state index in [-0.39, 0.29) is 30.4 Å². The zero-order valence-electron chi connectivity index (χ0n) is 23.2. The van der Waals surface area contributed by atoms with Crippen LogP contribution in [0.4, 0.5) is 5.69 Å². The molecule has 210 valence electrons. The zero-order chi connectivity index (χ0) is 27.9. The Bertz CT molecular complexity index is 1170. The molecule has 0 aliphatic carbocycles. The Kier molecular flexibility index (Phi) is 7.57. The van der Waals surface area contributed by atoms with Gasteiger partial charge in [-0.25, -0.2) is 0 Å². The average molecular weight is 538 g/mol. The van der Waals surface area contributed by atoms with Gasteiger partial charge in [0.05, 0.1) is 37.2 Å². The second kappa shape index (κ2) is 10.8. The number of benzene rings is 1. The molecule has 1 N–H and O–H groups in total. The number of likely N-dealkylation sites (tertiary alicyclic amines) is 1. The highest BCUT2D eigenvalue weighted by Crippen LogP contribution is 2.54. The molecule has 0 radical (unpaired) electrons. The second-order valence-electron chi connectivity index (χ2n) is 11.0. The molecule has 4 heterocycles. The van der Waals surface area contributed by atoms with Crippen molar-refractivity contribution in [3.8, 4) is 5.75 Å². The van der Waals surface area contributed by atoms with Crippen molar-refractivity contribution in [2.24, 2.45) is 11.8 Å². The molecule has 2 unspecified atom stereocenters. The third kappa shape index (κ3) is 4.36. The summed E-state index contributed by atoms with van der Waals surface area (Å²) in [6.07, 6.45) is 8.60. The number of aliphatic hydroxyl groups is 1. The Morgan fingerprint density at radius 1 is 1.03 bits per heavy atom. The van der Waals surface area contributed by atoms with E-state index in [1.807, 2.05) is 62.4 Å². The van der Waals surface area contributed by atoms with Crippen LogP contribution in [-0.4, -0.2) is 88.8 Å². The summed E-state index contributed by atoms with van der Waals surface area (Å²) in [5, 5.41) is 10.1. The van der Waals surface area contributed by atoms with Crippen LogP contribution in [0.1, 0.15) is 40.5 Å². The monoisotopic (exact) mass is 537 g/mol. The van der Waals surface area contributed by atoms with Gasteiger partial charge in [-0.2, -0.15) is 0 Å². The third-order valence-corrected chi connectivity index (χ3v) is 8.56. The number of ether oxygens (including phenoxy) is 2. The summed E-state index contributed by atoms with van der Waals surface area (Å²) in [4.78, 5) is 47.5. The number of anilines is 1. The van der Waals surface area contributed by atoms with Crippen LogP contribution in [0.2, 0.25) is 0 Å². The van der Waals surface area contributed by atoms with Crippen molar-refractivity contribution < 1.29 is 29.0 Å². The average Bonchev–Trinajstić information content (AvgIpc) is 3.25. The van der Waals surface area contributed by atoms with Crippen molar-refractivity contribution in [2.45, 2.75) is 70.4 Å². The molecule has 3 amide bonds. The number of carbonyl (C=O) groups excluding carboxylic acids is 3. The first-order valence-corrected chi connectivity index (χ1v) is 14.1. The number of aliphatic hydroxyl groups excluding tert-OH is 1.